The van der Waals surface area contributed by atoms with Crippen LogP contribution in [0.15, 0.2) is 11.4 Å². The Morgan fingerprint density at radius 3 is 3.21 bits per heavy atom. The third-order valence-corrected chi connectivity index (χ3v) is 4.16. The molecule has 3 rings (SSSR count). The van der Waals surface area contributed by atoms with Crippen molar-refractivity contribution in [1.82, 2.24) is 14.9 Å². The van der Waals surface area contributed by atoms with Crippen molar-refractivity contribution in [1.29, 1.82) is 0 Å². The summed E-state index contributed by atoms with van der Waals surface area (Å²) >= 11 is 1.58. The molecule has 4 N–H and O–H groups in total. The average Bonchev–Trinajstić information content (AvgIpc) is 2.86. The summed E-state index contributed by atoms with van der Waals surface area (Å²) in [5.74, 6) is 6.92. The molecule has 2 aromatic heterocycles. The number of hydrazine groups is 1. The number of nitrogen functional groups attached to an aromatic ring is 1. The van der Waals surface area contributed by atoms with Gasteiger partial charge in [-0.05, 0) is 30.8 Å². The minimum atomic E-state index is -0.230. The largest absolute Gasteiger partial charge is 0.392 e. The van der Waals surface area contributed by atoms with Gasteiger partial charge in [-0.2, -0.15) is 0 Å². The van der Waals surface area contributed by atoms with Crippen LogP contribution >= 0.6 is 11.3 Å². The van der Waals surface area contributed by atoms with Crippen LogP contribution in [0.2, 0.25) is 0 Å². The number of rotatable bonds is 3. The minimum Gasteiger partial charge on any atom is -0.392 e. The van der Waals surface area contributed by atoms with Gasteiger partial charge in [0.15, 0.2) is 5.82 Å². The number of nitrogens with one attached hydrogen (secondary N) is 1. The van der Waals surface area contributed by atoms with Crippen LogP contribution in [0.25, 0.3) is 10.2 Å². The molecule has 0 spiro atoms. The summed E-state index contributed by atoms with van der Waals surface area (Å²) in [4.78, 5) is 12.1. The normalized spacial score (nSPS) is 20.8. The maximum Gasteiger partial charge on any atom is 0.152 e. The van der Waals surface area contributed by atoms with Crippen molar-refractivity contribution in [2.75, 3.05) is 18.5 Å². The molecule has 0 radical (unpaired) electrons. The van der Waals surface area contributed by atoms with Crippen molar-refractivity contribution in [3.05, 3.63) is 17.3 Å². The zero-order valence-electron chi connectivity index (χ0n) is 10.5. The molecule has 1 saturated heterocycles. The Morgan fingerprint density at radius 2 is 2.42 bits per heavy atom. The first-order valence-corrected chi connectivity index (χ1v) is 7.25. The van der Waals surface area contributed by atoms with Crippen LogP contribution in [0.5, 0.6) is 0 Å². The number of nitrogens with two attached hydrogens (primary N) is 1. The molecule has 0 saturated carbocycles. The number of aliphatic hydroxyl groups excluding tert-OH is 1. The Bertz CT molecular complexity index is 572. The number of nitrogens with zero attached hydrogens (tertiary/aromatic N) is 3. The minimum absolute atomic E-state index is 0.230. The van der Waals surface area contributed by atoms with E-state index in [1.165, 1.54) is 0 Å². The van der Waals surface area contributed by atoms with Crippen molar-refractivity contribution >= 4 is 27.4 Å². The second-order valence-corrected chi connectivity index (χ2v) is 5.70. The number of hydrogen-bond donors (Lipinski definition) is 3. The number of thiophene rings is 1. The number of β-amino-alcohol motifs (C(OH)–C–C–N with tert-alkyl or cyclic N) is 1. The number of anilines is 1. The van der Waals surface area contributed by atoms with E-state index in [4.69, 9.17) is 5.84 Å². The molecule has 3 heterocycles. The van der Waals surface area contributed by atoms with E-state index in [0.29, 0.717) is 18.9 Å². The van der Waals surface area contributed by atoms with E-state index < -0.39 is 0 Å². The number of aromatic nitrogens is 2. The number of hydrogen-bond acceptors (Lipinski definition) is 7. The summed E-state index contributed by atoms with van der Waals surface area (Å²) in [5, 5.41) is 12.6. The van der Waals surface area contributed by atoms with Crippen molar-refractivity contribution in [2.24, 2.45) is 5.84 Å². The van der Waals surface area contributed by atoms with E-state index in [9.17, 15) is 5.11 Å². The topological polar surface area (TPSA) is 87.3 Å². The summed E-state index contributed by atoms with van der Waals surface area (Å²) < 4.78 is 0. The van der Waals surface area contributed by atoms with Crippen LogP contribution < -0.4 is 11.3 Å². The Balaban J connectivity index is 1.84. The number of piperidine rings is 1. The van der Waals surface area contributed by atoms with Gasteiger partial charge in [-0.15, -0.1) is 11.3 Å². The fourth-order valence-corrected chi connectivity index (χ4v) is 3.24. The van der Waals surface area contributed by atoms with Gasteiger partial charge in [0.05, 0.1) is 18.0 Å². The molecular formula is C12H17N5OS. The van der Waals surface area contributed by atoms with Crippen LogP contribution in [0, 0.1) is 0 Å². The highest BCUT2D eigenvalue weighted by Crippen LogP contribution is 2.25. The van der Waals surface area contributed by atoms with Crippen LogP contribution in [0.3, 0.4) is 0 Å². The quantitative estimate of drug-likeness (QED) is 0.572. The SMILES string of the molecule is NNc1nc(CN2CCCC(O)C2)nc2sccc12. The highest BCUT2D eigenvalue weighted by molar-refractivity contribution is 7.16. The molecular weight excluding hydrogens is 262 g/mol. The van der Waals surface area contributed by atoms with E-state index in [1.54, 1.807) is 11.3 Å². The fraction of sp³-hybridized carbons (Fsp3) is 0.500. The number of fused-ring (bicyclic) bond motifs is 1. The fourth-order valence-electron chi connectivity index (χ4n) is 2.46. The van der Waals surface area contributed by atoms with Crippen LogP contribution in [-0.2, 0) is 6.54 Å². The molecule has 0 amide bonds. The molecule has 2 aromatic rings. The first-order valence-electron chi connectivity index (χ1n) is 6.37. The maximum absolute atomic E-state index is 9.68. The predicted molar refractivity (Wildman–Crippen MR) is 75.7 cm³/mol. The highest BCUT2D eigenvalue weighted by Gasteiger charge is 2.19. The maximum atomic E-state index is 9.68. The third kappa shape index (κ3) is 2.69. The van der Waals surface area contributed by atoms with E-state index in [-0.39, 0.29) is 6.10 Å². The van der Waals surface area contributed by atoms with Crippen LogP contribution in [-0.4, -0.2) is 39.2 Å². The molecule has 0 bridgehead atoms. The lowest BCUT2D eigenvalue weighted by Crippen LogP contribution is -2.38. The molecule has 1 fully saturated rings. The van der Waals surface area contributed by atoms with Crippen molar-refractivity contribution < 1.29 is 5.11 Å². The first kappa shape index (κ1) is 12.7. The van der Waals surface area contributed by atoms with E-state index >= 15 is 0 Å². The summed E-state index contributed by atoms with van der Waals surface area (Å²) in [7, 11) is 0. The summed E-state index contributed by atoms with van der Waals surface area (Å²) in [6.45, 7) is 2.32. The molecule has 0 aromatic carbocycles. The second kappa shape index (κ2) is 5.38. The average molecular weight is 279 g/mol. The van der Waals surface area contributed by atoms with Crippen molar-refractivity contribution in [3.63, 3.8) is 0 Å². The lowest BCUT2D eigenvalue weighted by atomic mass is 10.1. The molecule has 19 heavy (non-hydrogen) atoms. The standard InChI is InChI=1S/C12H17N5OS/c13-16-11-9-3-5-19-12(9)15-10(14-11)7-17-4-1-2-8(18)6-17/h3,5,8,18H,1-2,4,6-7,13H2,(H,14,15,16). The van der Waals surface area contributed by atoms with Gasteiger partial charge in [0.25, 0.3) is 0 Å². The predicted octanol–water partition coefficient (Wildman–Crippen LogP) is 0.934. The smallest absolute Gasteiger partial charge is 0.152 e. The monoisotopic (exact) mass is 279 g/mol. The van der Waals surface area contributed by atoms with E-state index in [0.717, 1.165) is 35.4 Å². The second-order valence-electron chi connectivity index (χ2n) is 4.80. The Morgan fingerprint density at radius 1 is 1.53 bits per heavy atom. The van der Waals surface area contributed by atoms with Crippen molar-refractivity contribution in [2.45, 2.75) is 25.5 Å². The van der Waals surface area contributed by atoms with E-state index in [1.807, 2.05) is 11.4 Å². The zero-order valence-corrected chi connectivity index (χ0v) is 11.4. The molecule has 0 aliphatic carbocycles. The van der Waals surface area contributed by atoms with Gasteiger partial charge in [-0.1, -0.05) is 0 Å². The van der Waals surface area contributed by atoms with Gasteiger partial charge in [0, 0.05) is 6.54 Å². The van der Waals surface area contributed by atoms with Crippen molar-refractivity contribution in [3.8, 4) is 0 Å². The first-order chi connectivity index (χ1) is 9.26. The van der Waals surface area contributed by atoms with Gasteiger partial charge < -0.3 is 10.5 Å². The Labute approximate surface area is 115 Å². The molecule has 6 nitrogen and oxygen atoms in total. The Kier molecular flexibility index (Phi) is 3.61. The number of aliphatic hydroxyl groups is 1. The summed E-state index contributed by atoms with van der Waals surface area (Å²) in [6.07, 6.45) is 1.67. The molecule has 7 heteroatoms. The van der Waals surface area contributed by atoms with Crippen LogP contribution in [0.1, 0.15) is 18.7 Å². The molecule has 1 unspecified atom stereocenters. The highest BCUT2D eigenvalue weighted by atomic mass is 32.1. The zero-order chi connectivity index (χ0) is 13.2. The molecule has 1 atom stereocenters. The van der Waals surface area contributed by atoms with Gasteiger partial charge in [-0.25, -0.2) is 15.8 Å². The van der Waals surface area contributed by atoms with Gasteiger partial charge in [-0.3, -0.25) is 4.90 Å². The van der Waals surface area contributed by atoms with E-state index in [2.05, 4.69) is 20.3 Å². The third-order valence-electron chi connectivity index (χ3n) is 3.35. The van der Waals surface area contributed by atoms with Gasteiger partial charge in [0.2, 0.25) is 0 Å². The number of likely N-dealkylation sites (tertiary alicyclic amines) is 1. The molecule has 1 aliphatic rings. The molecule has 1 aliphatic heterocycles. The van der Waals surface area contributed by atoms with Gasteiger partial charge in [0.1, 0.15) is 10.7 Å². The van der Waals surface area contributed by atoms with Crippen LogP contribution in [0.4, 0.5) is 5.82 Å². The summed E-state index contributed by atoms with van der Waals surface area (Å²) in [5.41, 5.74) is 2.63. The van der Waals surface area contributed by atoms with Gasteiger partial charge >= 0.3 is 0 Å². The summed E-state index contributed by atoms with van der Waals surface area (Å²) in [6, 6.07) is 1.96. The lowest BCUT2D eigenvalue weighted by molar-refractivity contribution is 0.0656. The molecule has 102 valence electrons. The Hall–Kier alpha value is -1.28. The lowest BCUT2D eigenvalue weighted by Gasteiger charge is -2.29.